The molecule has 1 aromatic rings. The average Bonchev–Trinajstić information content (AvgIpc) is 2.39. The van der Waals surface area contributed by atoms with E-state index in [2.05, 4.69) is 11.9 Å². The number of nitrogens with one attached hydrogen (secondary N) is 1. The van der Waals surface area contributed by atoms with Crippen molar-refractivity contribution in [2.24, 2.45) is 0 Å². The minimum absolute atomic E-state index is 0.0123. The number of aliphatic hydroxyl groups is 1. The van der Waals surface area contributed by atoms with Gasteiger partial charge in [-0.3, -0.25) is 9.69 Å². The minimum atomic E-state index is -0.208. The van der Waals surface area contributed by atoms with E-state index in [0.29, 0.717) is 29.5 Å². The second kappa shape index (κ2) is 8.58. The lowest BCUT2D eigenvalue weighted by molar-refractivity contribution is -0.117. The lowest BCUT2D eigenvalue weighted by Gasteiger charge is -2.19. The van der Waals surface area contributed by atoms with E-state index >= 15 is 0 Å². The van der Waals surface area contributed by atoms with Crippen LogP contribution in [-0.2, 0) is 4.79 Å². The van der Waals surface area contributed by atoms with Crippen LogP contribution in [0.2, 0.25) is 5.02 Å². The van der Waals surface area contributed by atoms with Crippen molar-refractivity contribution < 1.29 is 14.6 Å². The maximum Gasteiger partial charge on any atom is 0.238 e. The molecule has 0 unspecified atom stereocenters. The Morgan fingerprint density at radius 1 is 1.60 bits per heavy atom. The van der Waals surface area contributed by atoms with E-state index in [4.69, 9.17) is 21.4 Å². The first-order valence-electron chi connectivity index (χ1n) is 6.18. The van der Waals surface area contributed by atoms with Crippen molar-refractivity contribution in [1.29, 1.82) is 0 Å². The molecule has 0 saturated carbocycles. The molecule has 110 valence electrons. The molecule has 1 amide bonds. The van der Waals surface area contributed by atoms with Gasteiger partial charge in [0.1, 0.15) is 5.75 Å². The van der Waals surface area contributed by atoms with Gasteiger partial charge in [0.25, 0.3) is 0 Å². The maximum absolute atomic E-state index is 12.0. The Labute approximate surface area is 123 Å². The molecular weight excluding hydrogens is 280 g/mol. The van der Waals surface area contributed by atoms with E-state index in [1.807, 2.05) is 0 Å². The summed E-state index contributed by atoms with van der Waals surface area (Å²) in [5.41, 5.74) is 0.521. The van der Waals surface area contributed by atoms with E-state index in [-0.39, 0.29) is 19.1 Å². The normalized spacial score (nSPS) is 10.4. The van der Waals surface area contributed by atoms with Gasteiger partial charge in [-0.05, 0) is 18.2 Å². The van der Waals surface area contributed by atoms with Crippen molar-refractivity contribution in [3.05, 3.63) is 35.9 Å². The molecule has 2 N–H and O–H groups in total. The highest BCUT2D eigenvalue weighted by atomic mass is 35.5. The lowest BCUT2D eigenvalue weighted by Crippen LogP contribution is -2.35. The zero-order valence-corrected chi connectivity index (χ0v) is 12.2. The summed E-state index contributed by atoms with van der Waals surface area (Å²) >= 11 is 5.90. The number of carbonyl (C=O) groups is 1. The maximum atomic E-state index is 12.0. The van der Waals surface area contributed by atoms with Gasteiger partial charge in [0.15, 0.2) is 0 Å². The Hall–Kier alpha value is -1.56. The smallest absolute Gasteiger partial charge is 0.238 e. The summed E-state index contributed by atoms with van der Waals surface area (Å²) in [4.78, 5) is 13.8. The average molecular weight is 299 g/mol. The number of rotatable bonds is 8. The van der Waals surface area contributed by atoms with Crippen LogP contribution in [0.4, 0.5) is 5.69 Å². The Morgan fingerprint density at radius 2 is 2.35 bits per heavy atom. The molecular formula is C14H19ClN2O3. The molecule has 20 heavy (non-hydrogen) atoms. The van der Waals surface area contributed by atoms with E-state index in [0.717, 1.165) is 0 Å². The summed E-state index contributed by atoms with van der Waals surface area (Å²) in [6.07, 6.45) is 1.68. The Balaban J connectivity index is 2.69. The zero-order chi connectivity index (χ0) is 15.0. The van der Waals surface area contributed by atoms with Gasteiger partial charge < -0.3 is 15.2 Å². The van der Waals surface area contributed by atoms with Crippen molar-refractivity contribution in [3.63, 3.8) is 0 Å². The van der Waals surface area contributed by atoms with Crippen LogP contribution in [-0.4, -0.2) is 49.3 Å². The number of amides is 1. The number of carbonyl (C=O) groups excluding carboxylic acids is 1. The molecule has 0 aromatic heterocycles. The number of ether oxygens (including phenoxy) is 1. The van der Waals surface area contributed by atoms with Gasteiger partial charge in [0, 0.05) is 18.1 Å². The van der Waals surface area contributed by atoms with Crippen LogP contribution in [0, 0.1) is 0 Å². The molecule has 6 heteroatoms. The van der Waals surface area contributed by atoms with Gasteiger partial charge in [-0.1, -0.05) is 17.7 Å². The van der Waals surface area contributed by atoms with E-state index in [9.17, 15) is 4.79 Å². The summed E-state index contributed by atoms with van der Waals surface area (Å²) in [7, 11) is 1.52. The fourth-order valence-corrected chi connectivity index (χ4v) is 1.90. The molecule has 1 rings (SSSR count). The van der Waals surface area contributed by atoms with Gasteiger partial charge in [-0.2, -0.15) is 0 Å². The van der Waals surface area contributed by atoms with E-state index in [1.165, 1.54) is 7.11 Å². The van der Waals surface area contributed by atoms with Crippen LogP contribution < -0.4 is 10.1 Å². The molecule has 0 aliphatic heterocycles. The first kappa shape index (κ1) is 16.5. The van der Waals surface area contributed by atoms with Crippen molar-refractivity contribution in [2.75, 3.05) is 38.7 Å². The Kier molecular flexibility index (Phi) is 7.08. The minimum Gasteiger partial charge on any atom is -0.495 e. The molecule has 0 bridgehead atoms. The third-order valence-electron chi connectivity index (χ3n) is 2.61. The first-order valence-corrected chi connectivity index (χ1v) is 6.56. The van der Waals surface area contributed by atoms with Gasteiger partial charge in [-0.15, -0.1) is 6.58 Å². The number of nitrogens with zero attached hydrogens (tertiary/aromatic N) is 1. The summed E-state index contributed by atoms with van der Waals surface area (Å²) in [6, 6.07) is 5.00. The number of methoxy groups -OCH3 is 1. The first-order chi connectivity index (χ1) is 9.60. The monoisotopic (exact) mass is 298 g/mol. The SMILES string of the molecule is C=CCN(CCO)CC(=O)Nc1cc(Cl)ccc1OC. The summed E-state index contributed by atoms with van der Waals surface area (Å²) < 4.78 is 5.16. The van der Waals surface area contributed by atoms with Crippen LogP contribution in [0.25, 0.3) is 0 Å². The fraction of sp³-hybridized carbons (Fsp3) is 0.357. The number of hydrogen-bond donors (Lipinski definition) is 2. The van der Waals surface area contributed by atoms with Crippen molar-refractivity contribution >= 4 is 23.2 Å². The number of hydrogen-bond acceptors (Lipinski definition) is 4. The molecule has 0 atom stereocenters. The van der Waals surface area contributed by atoms with Gasteiger partial charge in [0.05, 0.1) is 25.9 Å². The van der Waals surface area contributed by atoms with Crippen LogP contribution in [0.15, 0.2) is 30.9 Å². The molecule has 0 heterocycles. The molecule has 0 spiro atoms. The molecule has 0 fully saturated rings. The highest BCUT2D eigenvalue weighted by Gasteiger charge is 2.12. The summed E-state index contributed by atoms with van der Waals surface area (Å²) in [5, 5.41) is 12.2. The van der Waals surface area contributed by atoms with E-state index in [1.54, 1.807) is 29.2 Å². The summed E-state index contributed by atoms with van der Waals surface area (Å²) in [6.45, 7) is 4.70. The molecule has 0 aliphatic rings. The zero-order valence-electron chi connectivity index (χ0n) is 11.4. The predicted octanol–water partition coefficient (Wildman–Crippen LogP) is 1.77. The van der Waals surface area contributed by atoms with Crippen LogP contribution in [0.3, 0.4) is 0 Å². The number of benzene rings is 1. The lowest BCUT2D eigenvalue weighted by atomic mass is 10.3. The topological polar surface area (TPSA) is 61.8 Å². The van der Waals surface area contributed by atoms with E-state index < -0.39 is 0 Å². The molecule has 1 aromatic carbocycles. The quantitative estimate of drug-likeness (QED) is 0.718. The standard InChI is InChI=1S/C14H19ClN2O3/c1-3-6-17(7-8-18)10-14(19)16-12-9-11(15)4-5-13(12)20-2/h3-5,9,18H,1,6-8,10H2,2H3,(H,16,19). The van der Waals surface area contributed by atoms with Gasteiger partial charge >= 0.3 is 0 Å². The highest BCUT2D eigenvalue weighted by Crippen LogP contribution is 2.27. The second-order valence-corrected chi connectivity index (χ2v) is 4.58. The van der Waals surface area contributed by atoms with Crippen LogP contribution in [0.5, 0.6) is 5.75 Å². The van der Waals surface area contributed by atoms with Gasteiger partial charge in [0.2, 0.25) is 5.91 Å². The second-order valence-electron chi connectivity index (χ2n) is 4.14. The third kappa shape index (κ3) is 5.21. The number of halogens is 1. The fourth-order valence-electron chi connectivity index (χ4n) is 1.73. The Bertz CT molecular complexity index is 466. The van der Waals surface area contributed by atoms with Crippen molar-refractivity contribution in [2.45, 2.75) is 0 Å². The molecule has 0 saturated heterocycles. The predicted molar refractivity (Wildman–Crippen MR) is 80.4 cm³/mol. The van der Waals surface area contributed by atoms with Crippen LogP contribution in [0.1, 0.15) is 0 Å². The molecule has 0 radical (unpaired) electrons. The van der Waals surface area contributed by atoms with Crippen molar-refractivity contribution in [3.8, 4) is 5.75 Å². The highest BCUT2D eigenvalue weighted by molar-refractivity contribution is 6.31. The van der Waals surface area contributed by atoms with Crippen molar-refractivity contribution in [1.82, 2.24) is 4.90 Å². The van der Waals surface area contributed by atoms with Crippen LogP contribution >= 0.6 is 11.6 Å². The molecule has 5 nitrogen and oxygen atoms in total. The number of aliphatic hydroxyl groups excluding tert-OH is 1. The number of anilines is 1. The molecule has 0 aliphatic carbocycles. The Morgan fingerprint density at radius 3 is 2.95 bits per heavy atom. The third-order valence-corrected chi connectivity index (χ3v) is 2.84. The largest absolute Gasteiger partial charge is 0.495 e. The van der Waals surface area contributed by atoms with Gasteiger partial charge in [-0.25, -0.2) is 0 Å². The summed E-state index contributed by atoms with van der Waals surface area (Å²) in [5.74, 6) is 0.334.